The van der Waals surface area contributed by atoms with Gasteiger partial charge < -0.3 is 0 Å². The molecule has 118 valence electrons. The van der Waals surface area contributed by atoms with E-state index < -0.39 is 0 Å². The third-order valence-electron chi connectivity index (χ3n) is 3.49. The highest BCUT2D eigenvalue weighted by Crippen LogP contribution is 2.26. The van der Waals surface area contributed by atoms with Crippen molar-refractivity contribution >= 4 is 23.2 Å². The van der Waals surface area contributed by atoms with E-state index in [0.717, 1.165) is 10.6 Å². The van der Waals surface area contributed by atoms with Gasteiger partial charge in [-0.25, -0.2) is 4.98 Å². The topological polar surface area (TPSA) is 87.7 Å². The van der Waals surface area contributed by atoms with Crippen LogP contribution in [-0.4, -0.2) is 38.6 Å². The normalized spacial score (nSPS) is 11.0. The second kappa shape index (κ2) is 6.25. The fourth-order valence-electron chi connectivity index (χ4n) is 2.08. The second-order valence-electron chi connectivity index (χ2n) is 5.39. The van der Waals surface area contributed by atoms with Gasteiger partial charge >= 0.3 is 0 Å². The first kappa shape index (κ1) is 15.3. The van der Waals surface area contributed by atoms with Gasteiger partial charge in [0.05, 0.1) is 0 Å². The number of rotatable bonds is 4. The van der Waals surface area contributed by atoms with Gasteiger partial charge in [-0.1, -0.05) is 43.2 Å². The van der Waals surface area contributed by atoms with Gasteiger partial charge in [-0.3, -0.25) is 9.69 Å². The van der Waals surface area contributed by atoms with Gasteiger partial charge in [-0.2, -0.15) is 5.21 Å². The monoisotopic (exact) mass is 328 g/mol. The van der Waals surface area contributed by atoms with E-state index in [0.29, 0.717) is 11.6 Å². The molecule has 0 saturated carbocycles. The van der Waals surface area contributed by atoms with Gasteiger partial charge in [0.15, 0.2) is 0 Å². The van der Waals surface area contributed by atoms with Crippen molar-refractivity contribution in [2.45, 2.75) is 19.8 Å². The van der Waals surface area contributed by atoms with Crippen molar-refractivity contribution in [1.82, 2.24) is 25.6 Å². The molecule has 0 aliphatic rings. The summed E-state index contributed by atoms with van der Waals surface area (Å²) in [5.74, 6) is 0.430. The third-order valence-corrected chi connectivity index (χ3v) is 4.38. The van der Waals surface area contributed by atoms with Crippen LogP contribution in [0.4, 0.5) is 5.95 Å². The van der Waals surface area contributed by atoms with E-state index in [1.807, 2.05) is 12.1 Å². The molecule has 0 radical (unpaired) electrons. The van der Waals surface area contributed by atoms with Gasteiger partial charge in [0.2, 0.25) is 0 Å². The highest BCUT2D eigenvalue weighted by Gasteiger charge is 2.20. The molecule has 2 aromatic heterocycles. The minimum atomic E-state index is -0.271. The third kappa shape index (κ3) is 3.11. The van der Waals surface area contributed by atoms with Crippen LogP contribution in [0, 0.1) is 0 Å². The number of aromatic nitrogens is 5. The van der Waals surface area contributed by atoms with Crippen molar-refractivity contribution in [2.24, 2.45) is 0 Å². The molecule has 0 spiro atoms. The number of anilines is 1. The summed E-state index contributed by atoms with van der Waals surface area (Å²) >= 11 is 1.44. The number of amides is 1. The number of tetrazole rings is 1. The molecule has 0 aliphatic carbocycles. The minimum Gasteiger partial charge on any atom is -0.276 e. The van der Waals surface area contributed by atoms with Crippen LogP contribution in [-0.2, 0) is 0 Å². The zero-order chi connectivity index (χ0) is 16.4. The maximum absolute atomic E-state index is 12.4. The minimum absolute atomic E-state index is 0.214. The number of benzene rings is 1. The number of hydrogen-bond donors (Lipinski definition) is 1. The molecule has 23 heavy (non-hydrogen) atoms. The Labute approximate surface area is 137 Å². The number of hydrogen-bond acceptors (Lipinski definition) is 6. The largest absolute Gasteiger partial charge is 0.279 e. The first-order chi connectivity index (χ1) is 11.1. The summed E-state index contributed by atoms with van der Waals surface area (Å²) in [7, 11) is 1.59. The van der Waals surface area contributed by atoms with Gasteiger partial charge in [-0.15, -0.1) is 16.4 Å². The van der Waals surface area contributed by atoms with E-state index in [-0.39, 0.29) is 11.9 Å². The van der Waals surface area contributed by atoms with E-state index in [2.05, 4.69) is 51.6 Å². The Bertz CT molecular complexity index is 794. The Morgan fingerprint density at radius 1 is 1.26 bits per heavy atom. The number of H-pyrrole nitrogens is 1. The van der Waals surface area contributed by atoms with Crippen LogP contribution >= 0.6 is 11.3 Å². The molecule has 0 fully saturated rings. The van der Waals surface area contributed by atoms with Gasteiger partial charge in [0.25, 0.3) is 11.9 Å². The van der Waals surface area contributed by atoms with Crippen LogP contribution in [0.2, 0.25) is 0 Å². The Balaban J connectivity index is 1.81. The lowest BCUT2D eigenvalue weighted by atomic mass is 10.0. The van der Waals surface area contributed by atoms with Crippen LogP contribution in [0.5, 0.6) is 0 Å². The summed E-state index contributed by atoms with van der Waals surface area (Å²) in [5.41, 5.74) is 2.64. The predicted molar refractivity (Wildman–Crippen MR) is 88.6 cm³/mol. The summed E-state index contributed by atoms with van der Waals surface area (Å²) in [4.78, 5) is 18.1. The quantitative estimate of drug-likeness (QED) is 0.795. The molecule has 0 atom stereocenters. The molecule has 1 N–H and O–H groups in total. The predicted octanol–water partition coefficient (Wildman–Crippen LogP) is 2.72. The van der Waals surface area contributed by atoms with Crippen LogP contribution in [0.3, 0.4) is 0 Å². The standard InChI is InChI=1S/C15H16N6OS/c1-9(2)10-4-6-11(7-5-10)13-16-12(8-23-13)14(22)21(3)15-17-19-20-18-15/h4-9H,1-3H3,(H,17,18,19,20). The molecule has 2 heterocycles. The van der Waals surface area contributed by atoms with E-state index in [4.69, 9.17) is 0 Å². The number of carbonyl (C=O) groups excluding carboxylic acids is 1. The Morgan fingerprint density at radius 2 is 2.00 bits per heavy atom. The molecule has 3 aromatic rings. The maximum Gasteiger partial charge on any atom is 0.279 e. The number of carbonyl (C=O) groups is 1. The van der Waals surface area contributed by atoms with Crippen molar-refractivity contribution in [3.63, 3.8) is 0 Å². The lowest BCUT2D eigenvalue weighted by Crippen LogP contribution is -2.27. The Morgan fingerprint density at radius 3 is 2.61 bits per heavy atom. The van der Waals surface area contributed by atoms with E-state index in [1.54, 1.807) is 12.4 Å². The van der Waals surface area contributed by atoms with Crippen LogP contribution in [0.15, 0.2) is 29.6 Å². The highest BCUT2D eigenvalue weighted by molar-refractivity contribution is 7.13. The van der Waals surface area contributed by atoms with E-state index in [9.17, 15) is 4.79 Å². The summed E-state index contributed by atoms with van der Waals surface area (Å²) in [5, 5.41) is 15.9. The first-order valence-corrected chi connectivity index (χ1v) is 8.01. The fraction of sp³-hybridized carbons (Fsp3) is 0.267. The van der Waals surface area contributed by atoms with Crippen molar-refractivity contribution < 1.29 is 4.79 Å². The number of aromatic amines is 1. The van der Waals surface area contributed by atoms with Crippen molar-refractivity contribution in [2.75, 3.05) is 11.9 Å². The van der Waals surface area contributed by atoms with Crippen LogP contribution < -0.4 is 4.90 Å². The maximum atomic E-state index is 12.4. The fourth-order valence-corrected chi connectivity index (χ4v) is 2.88. The SMILES string of the molecule is CC(C)c1ccc(-c2nc(C(=O)N(C)c3nn[nH]n3)cs2)cc1. The average molecular weight is 328 g/mol. The van der Waals surface area contributed by atoms with Gasteiger partial charge in [-0.05, 0) is 16.7 Å². The molecule has 0 aliphatic heterocycles. The van der Waals surface area contributed by atoms with Gasteiger partial charge in [0, 0.05) is 18.0 Å². The number of nitrogens with zero attached hydrogens (tertiary/aromatic N) is 5. The molecule has 0 bridgehead atoms. The van der Waals surface area contributed by atoms with Crippen molar-refractivity contribution in [3.8, 4) is 10.6 Å². The molecule has 1 aromatic carbocycles. The molecule has 8 heteroatoms. The Hall–Kier alpha value is -2.61. The average Bonchev–Trinajstić information content (AvgIpc) is 3.25. The number of nitrogens with one attached hydrogen (secondary N) is 1. The molecular weight excluding hydrogens is 312 g/mol. The number of thiazole rings is 1. The van der Waals surface area contributed by atoms with E-state index in [1.165, 1.54) is 21.8 Å². The first-order valence-electron chi connectivity index (χ1n) is 7.13. The lowest BCUT2D eigenvalue weighted by Gasteiger charge is -2.09. The molecule has 1 amide bonds. The van der Waals surface area contributed by atoms with Crippen LogP contribution in [0.25, 0.3) is 10.6 Å². The molecule has 7 nitrogen and oxygen atoms in total. The van der Waals surface area contributed by atoms with Crippen LogP contribution in [0.1, 0.15) is 35.8 Å². The summed E-state index contributed by atoms with van der Waals surface area (Å²) in [6.07, 6.45) is 0. The molecule has 3 rings (SSSR count). The van der Waals surface area contributed by atoms with Crippen molar-refractivity contribution in [3.05, 3.63) is 40.9 Å². The second-order valence-corrected chi connectivity index (χ2v) is 6.25. The smallest absolute Gasteiger partial charge is 0.276 e. The molecule has 0 saturated heterocycles. The van der Waals surface area contributed by atoms with Crippen molar-refractivity contribution in [1.29, 1.82) is 0 Å². The summed E-state index contributed by atoms with van der Waals surface area (Å²) < 4.78 is 0. The molecule has 0 unspecified atom stereocenters. The summed E-state index contributed by atoms with van der Waals surface area (Å²) in [6, 6.07) is 8.25. The lowest BCUT2D eigenvalue weighted by molar-refractivity contribution is 0.0987. The van der Waals surface area contributed by atoms with Gasteiger partial charge in [0.1, 0.15) is 10.7 Å². The zero-order valence-corrected chi connectivity index (χ0v) is 13.8. The van der Waals surface area contributed by atoms with E-state index >= 15 is 0 Å². The highest BCUT2D eigenvalue weighted by atomic mass is 32.1. The zero-order valence-electron chi connectivity index (χ0n) is 13.0. The summed E-state index contributed by atoms with van der Waals surface area (Å²) in [6.45, 7) is 4.31. The Kier molecular flexibility index (Phi) is 4.16. The molecular formula is C15H16N6OS.